The van der Waals surface area contributed by atoms with Gasteiger partial charge in [0.15, 0.2) is 0 Å². The smallest absolute Gasteiger partial charge is 0.236 e. The van der Waals surface area contributed by atoms with Gasteiger partial charge in [0, 0.05) is 0 Å². The number of aryl methyl sites for hydroxylation is 2. The second kappa shape index (κ2) is 3.25. The summed E-state index contributed by atoms with van der Waals surface area (Å²) in [5.41, 5.74) is 0. The van der Waals surface area contributed by atoms with Gasteiger partial charge in [0.05, 0.1) is 13.6 Å². The fourth-order valence-electron chi connectivity index (χ4n) is 1.16. The van der Waals surface area contributed by atoms with E-state index in [1.54, 1.807) is 0 Å². The number of nitrogens with zero attached hydrogens (tertiary/aromatic N) is 2. The first kappa shape index (κ1) is 7.87. The summed E-state index contributed by atoms with van der Waals surface area (Å²) in [5.74, 6) is 3.83. The van der Waals surface area contributed by atoms with E-state index in [1.807, 2.05) is 19.4 Å². The minimum absolute atomic E-state index is 0.706. The maximum Gasteiger partial charge on any atom is 0.268 e. The molecule has 1 heterocycles. The summed E-state index contributed by atoms with van der Waals surface area (Å²) < 4.78 is 4.21. The third kappa shape index (κ3) is 1.43. The van der Waals surface area contributed by atoms with E-state index in [0.29, 0.717) is 6.42 Å². The fourth-order valence-corrected chi connectivity index (χ4v) is 1.16. The van der Waals surface area contributed by atoms with Crippen molar-refractivity contribution in [1.82, 2.24) is 4.57 Å². The molecular weight excluding hydrogens is 136 g/mol. The van der Waals surface area contributed by atoms with Crippen molar-refractivity contribution in [2.75, 3.05) is 0 Å². The minimum atomic E-state index is 0.706. The highest BCUT2D eigenvalue weighted by molar-refractivity contribution is 4.97. The molecule has 0 amide bonds. The van der Waals surface area contributed by atoms with Gasteiger partial charge in [-0.1, -0.05) is 5.92 Å². The van der Waals surface area contributed by atoms with Crippen molar-refractivity contribution in [2.24, 2.45) is 7.05 Å². The number of imidazole rings is 1. The topological polar surface area (TPSA) is 8.81 Å². The molecule has 1 aromatic heterocycles. The molecule has 0 radical (unpaired) electrons. The predicted molar refractivity (Wildman–Crippen MR) is 43.8 cm³/mol. The molecule has 2 heteroatoms. The molecule has 0 saturated carbocycles. The Bertz CT molecular complexity index is 278. The molecule has 0 unspecified atom stereocenters. The van der Waals surface area contributed by atoms with Crippen molar-refractivity contribution in [3.05, 3.63) is 18.2 Å². The molecule has 0 aliphatic rings. The lowest BCUT2D eigenvalue weighted by molar-refractivity contribution is -0.678. The number of rotatable bonds is 2. The first-order valence-electron chi connectivity index (χ1n) is 3.76. The summed E-state index contributed by atoms with van der Waals surface area (Å²) in [6.07, 6.45) is 10.0. The standard InChI is InChI=1S/C9H13N2/c1-4-6-9-10(3)7-8-11(9)5-2/h1,7-8H,5-6H2,2-3H3/q+1. The number of hydrogen-bond donors (Lipinski definition) is 0. The first-order chi connectivity index (χ1) is 5.29. The predicted octanol–water partition coefficient (Wildman–Crippen LogP) is 0.508. The normalized spacial score (nSPS) is 9.55. The maximum atomic E-state index is 5.24. The Hall–Kier alpha value is -1.23. The summed E-state index contributed by atoms with van der Waals surface area (Å²) in [5, 5.41) is 0. The van der Waals surface area contributed by atoms with Crippen LogP contribution in [0.5, 0.6) is 0 Å². The highest BCUT2D eigenvalue weighted by Gasteiger charge is 2.09. The van der Waals surface area contributed by atoms with Gasteiger partial charge in [0.2, 0.25) is 0 Å². The molecule has 0 spiro atoms. The molecule has 0 bridgehead atoms. The van der Waals surface area contributed by atoms with Crippen molar-refractivity contribution < 1.29 is 4.57 Å². The molecule has 0 atom stereocenters. The van der Waals surface area contributed by atoms with Crippen LogP contribution in [-0.2, 0) is 20.0 Å². The van der Waals surface area contributed by atoms with Crippen LogP contribution in [0.4, 0.5) is 0 Å². The SMILES string of the molecule is C#CCc1n(CC)cc[n+]1C. The van der Waals surface area contributed by atoms with Crippen LogP contribution in [0.3, 0.4) is 0 Å². The Morgan fingerprint density at radius 2 is 2.45 bits per heavy atom. The van der Waals surface area contributed by atoms with E-state index in [9.17, 15) is 0 Å². The van der Waals surface area contributed by atoms with Crippen molar-refractivity contribution in [2.45, 2.75) is 19.9 Å². The van der Waals surface area contributed by atoms with Crippen molar-refractivity contribution in [3.63, 3.8) is 0 Å². The van der Waals surface area contributed by atoms with Crippen molar-refractivity contribution in [1.29, 1.82) is 0 Å². The van der Waals surface area contributed by atoms with Gasteiger partial charge in [-0.2, -0.15) is 0 Å². The second-order valence-corrected chi connectivity index (χ2v) is 2.49. The Morgan fingerprint density at radius 3 is 3.00 bits per heavy atom. The van der Waals surface area contributed by atoms with Gasteiger partial charge in [0.25, 0.3) is 5.82 Å². The van der Waals surface area contributed by atoms with Crippen molar-refractivity contribution in [3.8, 4) is 12.3 Å². The second-order valence-electron chi connectivity index (χ2n) is 2.49. The molecule has 11 heavy (non-hydrogen) atoms. The Labute approximate surface area is 67.5 Å². The Morgan fingerprint density at radius 1 is 1.73 bits per heavy atom. The van der Waals surface area contributed by atoms with Crippen molar-refractivity contribution >= 4 is 0 Å². The summed E-state index contributed by atoms with van der Waals surface area (Å²) in [6.45, 7) is 3.10. The minimum Gasteiger partial charge on any atom is -0.236 e. The molecule has 0 fully saturated rings. The lowest BCUT2D eigenvalue weighted by Crippen LogP contribution is -2.31. The number of aromatic nitrogens is 2. The summed E-state index contributed by atoms with van der Waals surface area (Å²) in [4.78, 5) is 0. The van der Waals surface area contributed by atoms with Crippen LogP contribution in [-0.4, -0.2) is 4.57 Å². The third-order valence-corrected chi connectivity index (χ3v) is 1.81. The summed E-state index contributed by atoms with van der Waals surface area (Å²) in [6, 6.07) is 0. The quantitative estimate of drug-likeness (QED) is 0.428. The monoisotopic (exact) mass is 149 g/mol. The summed E-state index contributed by atoms with van der Waals surface area (Å²) >= 11 is 0. The van der Waals surface area contributed by atoms with E-state index in [4.69, 9.17) is 6.42 Å². The maximum absolute atomic E-state index is 5.24. The molecule has 58 valence electrons. The Balaban J connectivity index is 2.99. The molecule has 0 N–H and O–H groups in total. The van der Waals surface area contributed by atoms with Crippen LogP contribution in [0.25, 0.3) is 0 Å². The van der Waals surface area contributed by atoms with E-state index in [2.05, 4.69) is 22.0 Å². The molecule has 2 nitrogen and oxygen atoms in total. The lowest BCUT2D eigenvalue weighted by Gasteiger charge is -1.94. The van der Waals surface area contributed by atoms with E-state index < -0.39 is 0 Å². The highest BCUT2D eigenvalue weighted by atomic mass is 15.1. The van der Waals surface area contributed by atoms with Crippen LogP contribution in [0.1, 0.15) is 12.7 Å². The molecule has 0 saturated heterocycles. The van der Waals surface area contributed by atoms with E-state index in [1.165, 1.54) is 5.82 Å². The molecule has 1 rings (SSSR count). The zero-order chi connectivity index (χ0) is 8.27. The van der Waals surface area contributed by atoms with Crippen LogP contribution in [0, 0.1) is 12.3 Å². The van der Waals surface area contributed by atoms with E-state index in [0.717, 1.165) is 6.54 Å². The molecule has 0 aliphatic carbocycles. The van der Waals surface area contributed by atoms with Gasteiger partial charge in [-0.3, -0.25) is 0 Å². The third-order valence-electron chi connectivity index (χ3n) is 1.81. The largest absolute Gasteiger partial charge is 0.268 e. The van der Waals surface area contributed by atoms with Gasteiger partial charge in [0.1, 0.15) is 18.8 Å². The lowest BCUT2D eigenvalue weighted by atomic mass is 10.4. The van der Waals surface area contributed by atoms with Crippen LogP contribution in [0.15, 0.2) is 12.4 Å². The highest BCUT2D eigenvalue weighted by Crippen LogP contribution is 1.94. The van der Waals surface area contributed by atoms with E-state index in [-0.39, 0.29) is 0 Å². The fraction of sp³-hybridized carbons (Fsp3) is 0.444. The van der Waals surface area contributed by atoms with E-state index >= 15 is 0 Å². The molecular formula is C9H13N2+. The van der Waals surface area contributed by atoms with Crippen LogP contribution >= 0.6 is 0 Å². The number of terminal acetylenes is 1. The summed E-state index contributed by atoms with van der Waals surface area (Å²) in [7, 11) is 2.01. The first-order valence-corrected chi connectivity index (χ1v) is 3.76. The van der Waals surface area contributed by atoms with Gasteiger partial charge in [-0.25, -0.2) is 9.13 Å². The molecule has 1 aromatic rings. The zero-order valence-corrected chi connectivity index (χ0v) is 7.04. The van der Waals surface area contributed by atoms with Gasteiger partial charge in [-0.15, -0.1) is 6.42 Å². The Kier molecular flexibility index (Phi) is 2.32. The van der Waals surface area contributed by atoms with Gasteiger partial charge < -0.3 is 0 Å². The molecule has 0 aromatic carbocycles. The van der Waals surface area contributed by atoms with Gasteiger partial charge in [-0.05, 0) is 6.92 Å². The average Bonchev–Trinajstić information content (AvgIpc) is 2.34. The van der Waals surface area contributed by atoms with Gasteiger partial charge >= 0.3 is 0 Å². The zero-order valence-electron chi connectivity index (χ0n) is 7.04. The van der Waals surface area contributed by atoms with Crippen LogP contribution < -0.4 is 4.57 Å². The number of hydrogen-bond acceptors (Lipinski definition) is 0. The molecule has 0 aliphatic heterocycles. The van der Waals surface area contributed by atoms with Crippen LogP contribution in [0.2, 0.25) is 0 Å². The average molecular weight is 149 g/mol.